The fourth-order valence-electron chi connectivity index (χ4n) is 2.21. The summed E-state index contributed by atoms with van der Waals surface area (Å²) in [6.07, 6.45) is 0. The third-order valence-electron chi connectivity index (χ3n) is 3.48. The van der Waals surface area contributed by atoms with Gasteiger partial charge in [-0.15, -0.1) is 11.3 Å². The lowest BCUT2D eigenvalue weighted by Crippen LogP contribution is -2.21. The summed E-state index contributed by atoms with van der Waals surface area (Å²) in [5.41, 5.74) is 4.97. The summed E-state index contributed by atoms with van der Waals surface area (Å²) in [6, 6.07) is 14.8. The van der Waals surface area contributed by atoms with E-state index in [1.54, 1.807) is 42.5 Å². The number of hydrazone groups is 1. The molecule has 0 atom stereocenters. The fourth-order valence-corrected chi connectivity index (χ4v) is 4.07. The molecule has 0 aliphatic heterocycles. The molecule has 3 aromatic rings. The van der Waals surface area contributed by atoms with Crippen LogP contribution >= 0.6 is 23.1 Å². The van der Waals surface area contributed by atoms with E-state index >= 15 is 0 Å². The number of thiazole rings is 1. The standard InChI is InChI=1S/C19H17N3O3S2/c1-12(14-7-9-15(10-8-14)25-13(2)23)21-22-18(24)11-26-19-20-16-5-3-4-6-17(16)27-19/h3-10H,11H2,1-2H3,(H,22,24)/b21-12+. The molecule has 6 nitrogen and oxygen atoms in total. The average molecular weight is 399 g/mol. The summed E-state index contributed by atoms with van der Waals surface area (Å²) in [4.78, 5) is 27.4. The van der Waals surface area contributed by atoms with Gasteiger partial charge in [-0.25, -0.2) is 10.4 Å². The summed E-state index contributed by atoms with van der Waals surface area (Å²) in [5, 5.41) is 4.12. The van der Waals surface area contributed by atoms with Crippen LogP contribution in [0.4, 0.5) is 0 Å². The van der Waals surface area contributed by atoms with Gasteiger partial charge in [-0.3, -0.25) is 9.59 Å². The van der Waals surface area contributed by atoms with Gasteiger partial charge in [0, 0.05) is 6.92 Å². The predicted molar refractivity (Wildman–Crippen MR) is 108 cm³/mol. The largest absolute Gasteiger partial charge is 0.427 e. The molecule has 3 rings (SSSR count). The van der Waals surface area contributed by atoms with Gasteiger partial charge in [0.25, 0.3) is 5.91 Å². The zero-order chi connectivity index (χ0) is 19.2. The van der Waals surface area contributed by atoms with Crippen LogP contribution in [0.3, 0.4) is 0 Å². The minimum absolute atomic E-state index is 0.199. The number of para-hydroxylation sites is 1. The molecule has 8 heteroatoms. The number of ether oxygens (including phenoxy) is 1. The average Bonchev–Trinajstić information content (AvgIpc) is 3.07. The molecule has 138 valence electrons. The summed E-state index contributed by atoms with van der Waals surface area (Å²) >= 11 is 2.95. The van der Waals surface area contributed by atoms with E-state index < -0.39 is 0 Å². The van der Waals surface area contributed by atoms with E-state index in [4.69, 9.17) is 4.74 Å². The van der Waals surface area contributed by atoms with Crippen LogP contribution in [0.2, 0.25) is 0 Å². The monoisotopic (exact) mass is 399 g/mol. The molecule has 0 unspecified atom stereocenters. The van der Waals surface area contributed by atoms with E-state index in [2.05, 4.69) is 15.5 Å². The Morgan fingerprint density at radius 2 is 1.89 bits per heavy atom. The Labute approximate surface area is 164 Å². The minimum atomic E-state index is -0.369. The number of hydrogen-bond acceptors (Lipinski definition) is 7. The van der Waals surface area contributed by atoms with Gasteiger partial charge in [-0.2, -0.15) is 5.10 Å². The third kappa shape index (κ3) is 5.38. The van der Waals surface area contributed by atoms with Crippen LogP contribution in [0.1, 0.15) is 19.4 Å². The van der Waals surface area contributed by atoms with Gasteiger partial charge in [-0.05, 0) is 48.9 Å². The van der Waals surface area contributed by atoms with Crippen molar-refractivity contribution in [3.05, 3.63) is 54.1 Å². The number of esters is 1. The third-order valence-corrected chi connectivity index (χ3v) is 5.66. The van der Waals surface area contributed by atoms with Crippen molar-refractivity contribution < 1.29 is 14.3 Å². The molecule has 0 spiro atoms. The Hall–Kier alpha value is -2.71. The van der Waals surface area contributed by atoms with Crippen molar-refractivity contribution in [3.8, 4) is 5.75 Å². The highest BCUT2D eigenvalue weighted by Crippen LogP contribution is 2.29. The summed E-state index contributed by atoms with van der Waals surface area (Å²) < 4.78 is 6.94. The van der Waals surface area contributed by atoms with Crippen molar-refractivity contribution in [3.63, 3.8) is 0 Å². The molecular weight excluding hydrogens is 382 g/mol. The molecule has 1 heterocycles. The highest BCUT2D eigenvalue weighted by molar-refractivity contribution is 8.01. The highest BCUT2D eigenvalue weighted by atomic mass is 32.2. The number of benzene rings is 2. The molecule has 2 aromatic carbocycles. The lowest BCUT2D eigenvalue weighted by molar-refractivity contribution is -0.131. The highest BCUT2D eigenvalue weighted by Gasteiger charge is 2.07. The number of nitrogens with one attached hydrogen (secondary N) is 1. The number of carbonyl (C=O) groups is 2. The fraction of sp³-hybridized carbons (Fsp3) is 0.158. The molecule has 0 bridgehead atoms. The number of nitrogens with zero attached hydrogens (tertiary/aromatic N) is 2. The van der Waals surface area contributed by atoms with Crippen LogP contribution in [0.5, 0.6) is 5.75 Å². The van der Waals surface area contributed by atoms with Gasteiger partial charge in [0.15, 0.2) is 4.34 Å². The summed E-state index contributed by atoms with van der Waals surface area (Å²) in [7, 11) is 0. The second-order valence-corrected chi connectivity index (χ2v) is 7.84. The minimum Gasteiger partial charge on any atom is -0.427 e. The van der Waals surface area contributed by atoms with E-state index in [0.717, 1.165) is 20.1 Å². The Kier molecular flexibility index (Phi) is 6.20. The first-order valence-corrected chi connectivity index (χ1v) is 9.92. The molecule has 0 saturated heterocycles. The summed E-state index contributed by atoms with van der Waals surface area (Å²) in [5.74, 6) is 0.138. The molecule has 0 aliphatic carbocycles. The van der Waals surface area contributed by atoms with Gasteiger partial charge in [0.1, 0.15) is 5.75 Å². The van der Waals surface area contributed by atoms with E-state index in [0.29, 0.717) is 11.5 Å². The maximum Gasteiger partial charge on any atom is 0.308 e. The first kappa shape index (κ1) is 19.1. The van der Waals surface area contributed by atoms with Crippen LogP contribution in [-0.2, 0) is 9.59 Å². The Morgan fingerprint density at radius 3 is 2.59 bits per heavy atom. The predicted octanol–water partition coefficient (Wildman–Crippen LogP) is 3.85. The SMILES string of the molecule is CC(=O)Oc1ccc(/C(C)=N/NC(=O)CSc2nc3ccccc3s2)cc1. The number of carbonyl (C=O) groups excluding carboxylic acids is 2. The molecule has 27 heavy (non-hydrogen) atoms. The van der Waals surface area contributed by atoms with Gasteiger partial charge in [0.05, 0.1) is 21.7 Å². The van der Waals surface area contributed by atoms with Crippen LogP contribution < -0.4 is 10.2 Å². The Morgan fingerprint density at radius 1 is 1.15 bits per heavy atom. The van der Waals surface area contributed by atoms with Crippen molar-refractivity contribution in [1.29, 1.82) is 0 Å². The number of hydrogen-bond donors (Lipinski definition) is 1. The van der Waals surface area contributed by atoms with Crippen LogP contribution in [0, 0.1) is 0 Å². The zero-order valence-corrected chi connectivity index (χ0v) is 16.4. The van der Waals surface area contributed by atoms with Gasteiger partial charge in [0.2, 0.25) is 0 Å². The quantitative estimate of drug-likeness (QED) is 0.224. The van der Waals surface area contributed by atoms with Crippen molar-refractivity contribution >= 4 is 50.9 Å². The second kappa shape index (κ2) is 8.79. The number of amides is 1. The molecule has 0 radical (unpaired) electrons. The smallest absolute Gasteiger partial charge is 0.308 e. The van der Waals surface area contributed by atoms with E-state index in [9.17, 15) is 9.59 Å². The van der Waals surface area contributed by atoms with Crippen molar-refractivity contribution in [2.45, 2.75) is 18.2 Å². The molecule has 0 aliphatic rings. The lowest BCUT2D eigenvalue weighted by Gasteiger charge is -2.04. The van der Waals surface area contributed by atoms with Gasteiger partial charge >= 0.3 is 5.97 Å². The first-order valence-electron chi connectivity index (χ1n) is 8.11. The first-order chi connectivity index (χ1) is 13.0. The molecule has 1 aromatic heterocycles. The van der Waals surface area contributed by atoms with Gasteiger partial charge in [-0.1, -0.05) is 23.9 Å². The lowest BCUT2D eigenvalue weighted by atomic mass is 10.1. The molecule has 0 fully saturated rings. The number of fused-ring (bicyclic) bond motifs is 1. The van der Waals surface area contributed by atoms with E-state index in [1.165, 1.54) is 18.7 Å². The van der Waals surface area contributed by atoms with Crippen LogP contribution in [-0.4, -0.2) is 28.3 Å². The zero-order valence-electron chi connectivity index (χ0n) is 14.8. The topological polar surface area (TPSA) is 80.6 Å². The van der Waals surface area contributed by atoms with E-state index in [1.807, 2.05) is 24.3 Å². The van der Waals surface area contributed by atoms with Crippen molar-refractivity contribution in [1.82, 2.24) is 10.4 Å². The maximum absolute atomic E-state index is 12.0. The van der Waals surface area contributed by atoms with Crippen LogP contribution in [0.25, 0.3) is 10.2 Å². The Bertz CT molecular complexity index is 964. The van der Waals surface area contributed by atoms with E-state index in [-0.39, 0.29) is 17.6 Å². The number of rotatable bonds is 6. The van der Waals surface area contributed by atoms with Crippen molar-refractivity contribution in [2.24, 2.45) is 5.10 Å². The van der Waals surface area contributed by atoms with Gasteiger partial charge < -0.3 is 4.74 Å². The molecular formula is C19H17N3O3S2. The van der Waals surface area contributed by atoms with Crippen molar-refractivity contribution in [2.75, 3.05) is 5.75 Å². The normalized spacial score (nSPS) is 11.4. The number of aromatic nitrogens is 1. The molecule has 0 saturated carbocycles. The summed E-state index contributed by atoms with van der Waals surface area (Å²) in [6.45, 7) is 3.14. The molecule has 1 N–H and O–H groups in total. The second-order valence-electron chi connectivity index (χ2n) is 5.59. The number of thioether (sulfide) groups is 1. The molecule has 1 amide bonds. The Balaban J connectivity index is 1.53. The maximum atomic E-state index is 12.0. The van der Waals surface area contributed by atoms with Crippen LogP contribution in [0.15, 0.2) is 58.0 Å².